The van der Waals surface area contributed by atoms with Crippen molar-refractivity contribution in [2.45, 2.75) is 32.5 Å². The average molecular weight is 571 g/mol. The highest BCUT2D eigenvalue weighted by Gasteiger charge is 2.32. The standard InChI is InChI=1S/C34H42N4O4/c1-3-42-32(40)25-35-15-18-37(19-16-35)34(41)30-13-7-11-28(21-30)33(29-12-8-14-31(39)22-29)38-20-17-36(23-26(38)2)24-27-9-5-4-6-10-27/h4-14,21-22,26,33,39H,3,15-20,23-25H2,1-2H3. The quantitative estimate of drug-likeness (QED) is 0.390. The predicted molar refractivity (Wildman–Crippen MR) is 163 cm³/mol. The molecule has 0 radical (unpaired) electrons. The van der Waals surface area contributed by atoms with Crippen molar-refractivity contribution in [3.8, 4) is 5.75 Å². The van der Waals surface area contributed by atoms with E-state index < -0.39 is 0 Å². The highest BCUT2D eigenvalue weighted by Crippen LogP contribution is 2.34. The van der Waals surface area contributed by atoms with Crippen molar-refractivity contribution in [2.75, 3.05) is 59.0 Å². The molecule has 0 saturated carbocycles. The minimum Gasteiger partial charge on any atom is -0.508 e. The maximum atomic E-state index is 13.6. The molecule has 0 aliphatic carbocycles. The summed E-state index contributed by atoms with van der Waals surface area (Å²) in [5.41, 5.74) is 4.02. The van der Waals surface area contributed by atoms with Crippen molar-refractivity contribution in [2.24, 2.45) is 0 Å². The first-order valence-corrected chi connectivity index (χ1v) is 15.0. The SMILES string of the molecule is CCOC(=O)CN1CCN(C(=O)c2cccc(C(c3cccc(O)c3)N3CCN(Cc4ccccc4)CC3C)c2)CC1. The van der Waals surface area contributed by atoms with E-state index in [2.05, 4.69) is 59.2 Å². The van der Waals surface area contributed by atoms with Crippen LogP contribution in [0.3, 0.4) is 0 Å². The topological polar surface area (TPSA) is 76.6 Å². The Kier molecular flexibility index (Phi) is 9.89. The van der Waals surface area contributed by atoms with Crippen LogP contribution in [0.1, 0.15) is 46.9 Å². The maximum Gasteiger partial charge on any atom is 0.320 e. The zero-order valence-corrected chi connectivity index (χ0v) is 24.7. The van der Waals surface area contributed by atoms with Gasteiger partial charge in [-0.1, -0.05) is 54.6 Å². The molecule has 222 valence electrons. The maximum absolute atomic E-state index is 13.6. The van der Waals surface area contributed by atoms with Gasteiger partial charge in [0.15, 0.2) is 0 Å². The van der Waals surface area contributed by atoms with Crippen LogP contribution in [0, 0.1) is 0 Å². The van der Waals surface area contributed by atoms with Crippen LogP contribution in [0.2, 0.25) is 0 Å². The number of hydrogen-bond donors (Lipinski definition) is 1. The lowest BCUT2D eigenvalue weighted by Crippen LogP contribution is -2.52. The Labute approximate surface area is 249 Å². The largest absolute Gasteiger partial charge is 0.508 e. The summed E-state index contributed by atoms with van der Waals surface area (Å²) in [5, 5.41) is 10.4. The Morgan fingerprint density at radius 3 is 2.24 bits per heavy atom. The second kappa shape index (κ2) is 14.0. The lowest BCUT2D eigenvalue weighted by molar-refractivity contribution is -0.144. The second-order valence-electron chi connectivity index (χ2n) is 11.3. The van der Waals surface area contributed by atoms with Gasteiger partial charge in [-0.2, -0.15) is 0 Å². The smallest absolute Gasteiger partial charge is 0.320 e. The molecule has 8 nitrogen and oxygen atoms in total. The summed E-state index contributed by atoms with van der Waals surface area (Å²) in [6.45, 7) is 10.8. The summed E-state index contributed by atoms with van der Waals surface area (Å²) < 4.78 is 5.07. The number of ether oxygens (including phenoxy) is 1. The molecule has 0 bridgehead atoms. The van der Waals surface area contributed by atoms with Crippen LogP contribution in [-0.2, 0) is 16.1 Å². The third-order valence-electron chi connectivity index (χ3n) is 8.30. The van der Waals surface area contributed by atoms with Gasteiger partial charge in [0.2, 0.25) is 0 Å². The minimum absolute atomic E-state index is 0.00280. The lowest BCUT2D eigenvalue weighted by atomic mass is 9.93. The molecule has 8 heteroatoms. The molecule has 2 atom stereocenters. The van der Waals surface area contributed by atoms with Gasteiger partial charge in [-0.05, 0) is 54.8 Å². The van der Waals surface area contributed by atoms with E-state index in [-0.39, 0.29) is 36.3 Å². The summed E-state index contributed by atoms with van der Waals surface area (Å²) in [6, 6.07) is 26.2. The van der Waals surface area contributed by atoms with Gasteiger partial charge >= 0.3 is 5.97 Å². The fourth-order valence-corrected chi connectivity index (χ4v) is 6.21. The third kappa shape index (κ3) is 7.37. The molecule has 0 aromatic heterocycles. The Balaban J connectivity index is 1.32. The summed E-state index contributed by atoms with van der Waals surface area (Å²) in [5.74, 6) is 0.0157. The molecule has 2 unspecified atom stereocenters. The lowest BCUT2D eigenvalue weighted by Gasteiger charge is -2.44. The summed E-state index contributed by atoms with van der Waals surface area (Å²) in [4.78, 5) is 34.4. The van der Waals surface area contributed by atoms with Gasteiger partial charge in [0.05, 0.1) is 19.2 Å². The van der Waals surface area contributed by atoms with Crippen molar-refractivity contribution in [3.63, 3.8) is 0 Å². The Bertz CT molecular complexity index is 1340. The molecule has 2 saturated heterocycles. The van der Waals surface area contributed by atoms with E-state index in [9.17, 15) is 14.7 Å². The molecular weight excluding hydrogens is 528 g/mol. The molecule has 2 heterocycles. The van der Waals surface area contributed by atoms with E-state index >= 15 is 0 Å². The van der Waals surface area contributed by atoms with E-state index in [4.69, 9.17) is 4.74 Å². The zero-order chi connectivity index (χ0) is 29.5. The van der Waals surface area contributed by atoms with E-state index in [0.717, 1.165) is 37.3 Å². The highest BCUT2D eigenvalue weighted by atomic mass is 16.5. The Hall–Kier alpha value is -3.72. The minimum atomic E-state index is -0.224. The van der Waals surface area contributed by atoms with Gasteiger partial charge in [0.25, 0.3) is 5.91 Å². The number of amides is 1. The number of carbonyl (C=O) groups excluding carboxylic acids is 2. The van der Waals surface area contributed by atoms with E-state index in [1.54, 1.807) is 13.0 Å². The Morgan fingerprint density at radius 2 is 1.55 bits per heavy atom. The Morgan fingerprint density at radius 1 is 0.857 bits per heavy atom. The summed E-state index contributed by atoms with van der Waals surface area (Å²) in [7, 11) is 0. The molecule has 1 amide bonds. The van der Waals surface area contributed by atoms with Crippen molar-refractivity contribution in [1.29, 1.82) is 0 Å². The van der Waals surface area contributed by atoms with Crippen LogP contribution in [0.5, 0.6) is 5.75 Å². The number of benzene rings is 3. The number of aromatic hydroxyl groups is 1. The number of phenols is 1. The summed E-state index contributed by atoms with van der Waals surface area (Å²) >= 11 is 0. The molecular formula is C34H42N4O4. The molecule has 2 aliphatic rings. The van der Waals surface area contributed by atoms with Crippen LogP contribution in [-0.4, -0.2) is 102 Å². The van der Waals surface area contributed by atoms with Gasteiger partial charge in [0, 0.05) is 64.0 Å². The van der Waals surface area contributed by atoms with Crippen molar-refractivity contribution in [3.05, 3.63) is 101 Å². The molecule has 0 spiro atoms. The van der Waals surface area contributed by atoms with Crippen molar-refractivity contribution in [1.82, 2.24) is 19.6 Å². The summed E-state index contributed by atoms with van der Waals surface area (Å²) in [6.07, 6.45) is 0. The molecule has 1 N–H and O–H groups in total. The normalized spacial score (nSPS) is 19.4. The van der Waals surface area contributed by atoms with Crippen molar-refractivity contribution < 1.29 is 19.4 Å². The van der Waals surface area contributed by atoms with Crippen LogP contribution >= 0.6 is 0 Å². The van der Waals surface area contributed by atoms with Crippen molar-refractivity contribution >= 4 is 11.9 Å². The van der Waals surface area contributed by atoms with E-state index in [1.807, 2.05) is 40.1 Å². The fourth-order valence-electron chi connectivity index (χ4n) is 6.21. The first kappa shape index (κ1) is 29.8. The number of nitrogens with zero attached hydrogens (tertiary/aromatic N) is 4. The van der Waals surface area contributed by atoms with Gasteiger partial charge in [0.1, 0.15) is 5.75 Å². The number of rotatable bonds is 9. The number of carbonyl (C=O) groups is 2. The van der Waals surface area contributed by atoms with Gasteiger partial charge in [-0.25, -0.2) is 0 Å². The van der Waals surface area contributed by atoms with Crippen LogP contribution < -0.4 is 0 Å². The van der Waals surface area contributed by atoms with Gasteiger partial charge in [-0.3, -0.25) is 24.3 Å². The van der Waals surface area contributed by atoms with Crippen LogP contribution in [0.25, 0.3) is 0 Å². The van der Waals surface area contributed by atoms with Gasteiger partial charge < -0.3 is 14.7 Å². The number of phenolic OH excluding ortho intramolecular Hbond substituents is 1. The molecule has 42 heavy (non-hydrogen) atoms. The number of hydrogen-bond acceptors (Lipinski definition) is 7. The first-order chi connectivity index (χ1) is 20.4. The van der Waals surface area contributed by atoms with E-state index in [1.165, 1.54) is 5.56 Å². The average Bonchev–Trinajstić information content (AvgIpc) is 2.99. The second-order valence-corrected chi connectivity index (χ2v) is 11.3. The first-order valence-electron chi connectivity index (χ1n) is 15.0. The van der Waals surface area contributed by atoms with Gasteiger partial charge in [-0.15, -0.1) is 0 Å². The molecule has 2 fully saturated rings. The molecule has 3 aromatic rings. The third-order valence-corrected chi connectivity index (χ3v) is 8.30. The molecule has 5 rings (SSSR count). The van der Waals surface area contributed by atoms with Crippen LogP contribution in [0.15, 0.2) is 78.9 Å². The van der Waals surface area contributed by atoms with Crippen LogP contribution in [0.4, 0.5) is 0 Å². The highest BCUT2D eigenvalue weighted by molar-refractivity contribution is 5.94. The molecule has 2 aliphatic heterocycles. The monoisotopic (exact) mass is 570 g/mol. The fraction of sp³-hybridized carbons (Fsp3) is 0.412. The zero-order valence-electron chi connectivity index (χ0n) is 24.7. The predicted octanol–water partition coefficient (Wildman–Crippen LogP) is 4.01. The van der Waals surface area contributed by atoms with E-state index in [0.29, 0.717) is 38.3 Å². The number of esters is 1. The molecule has 3 aromatic carbocycles. The number of piperazine rings is 2.